The maximum absolute atomic E-state index is 16.1. The molecule has 0 bridgehead atoms. The number of hydrogen-bond donors (Lipinski definition) is 0. The molecule has 0 saturated carbocycles. The van der Waals surface area contributed by atoms with E-state index in [2.05, 4.69) is 6.92 Å². The van der Waals surface area contributed by atoms with Gasteiger partial charge >= 0.3 is 50.2 Å². The van der Waals surface area contributed by atoms with Gasteiger partial charge in [-0.2, -0.15) is 13.2 Å². The second kappa shape index (κ2) is 31.8. The standard InChI is InChI=1S/C39H85F3NO16Si5.Rf/c1-17-43(35-38(39(40,41)42,28-18-20-30-60(45-2,46-3)47-4)29-19-21-31-61(48-5,49-6)50-7)36(44)37(25-22-32-62(51-8,52-9)53-10,26-23-33-63(54-11,55-12)56-13)27-24-34-64(57-14,58-15)59-16;/h1,17-35H2,2-16H3;/q-1;. The van der Waals surface area contributed by atoms with E-state index in [1.807, 2.05) is 0 Å². The Morgan fingerprint density at radius 3 is 0.846 bits per heavy atom. The van der Waals surface area contributed by atoms with Crippen LogP contribution in [0, 0.1) is 17.8 Å². The number of hydrogen-bond acceptors (Lipinski definition) is 16. The van der Waals surface area contributed by atoms with E-state index in [1.54, 1.807) is 0 Å². The van der Waals surface area contributed by atoms with Gasteiger partial charge in [0.2, 0.25) is 5.91 Å². The summed E-state index contributed by atoms with van der Waals surface area (Å²) in [7, 11) is 6.89. The number of halogens is 3. The van der Waals surface area contributed by atoms with Crippen LogP contribution >= 0.6 is 0 Å². The molecule has 0 aliphatic rings. The van der Waals surface area contributed by atoms with E-state index in [1.165, 1.54) is 112 Å². The number of alkyl halides is 3. The number of nitrogens with zero attached hydrogens (tertiary/aromatic N) is 1. The van der Waals surface area contributed by atoms with Crippen molar-refractivity contribution in [1.29, 1.82) is 0 Å². The monoisotopic (exact) mass is 1290 g/mol. The van der Waals surface area contributed by atoms with E-state index in [0.29, 0.717) is 62.3 Å². The third kappa shape index (κ3) is 18.5. The summed E-state index contributed by atoms with van der Waals surface area (Å²) in [6.07, 6.45) is -2.24. The molecule has 386 valence electrons. The number of rotatable bonds is 41. The largest absolute Gasteiger partial charge is 0.500 e. The van der Waals surface area contributed by atoms with Crippen molar-refractivity contribution in [3.8, 4) is 0 Å². The minimum absolute atomic E-state index is 0. The summed E-state index contributed by atoms with van der Waals surface area (Å²) in [5.41, 5.74) is -3.53. The van der Waals surface area contributed by atoms with Crippen molar-refractivity contribution in [2.75, 3.05) is 120 Å². The van der Waals surface area contributed by atoms with E-state index in [-0.39, 0.29) is 51.5 Å². The van der Waals surface area contributed by atoms with Gasteiger partial charge in [-0.3, -0.25) is 4.79 Å². The molecule has 0 radical (unpaired) electrons. The summed E-state index contributed by atoms with van der Waals surface area (Å²) in [6.45, 7) is 3.25. The summed E-state index contributed by atoms with van der Waals surface area (Å²) in [5.74, 6) is -0.441. The Morgan fingerprint density at radius 2 is 0.646 bits per heavy atom. The van der Waals surface area contributed by atoms with E-state index < -0.39 is 73.5 Å². The Kier molecular flexibility index (Phi) is 32.2. The van der Waals surface area contributed by atoms with Gasteiger partial charge in [-0.15, -0.1) is 6.54 Å². The van der Waals surface area contributed by atoms with Gasteiger partial charge in [0.15, 0.2) is 0 Å². The maximum atomic E-state index is 16.1. The molecule has 26 heteroatoms. The smallest absolute Gasteiger partial charge is 0.377 e. The molecule has 0 fully saturated rings. The van der Waals surface area contributed by atoms with Gasteiger partial charge in [0.1, 0.15) is 0 Å². The zero-order valence-corrected chi connectivity index (χ0v) is 53.9. The van der Waals surface area contributed by atoms with Gasteiger partial charge in [-0.1, -0.05) is 12.8 Å². The number of carbonyl (C=O) groups is 1. The van der Waals surface area contributed by atoms with E-state index in [4.69, 9.17) is 66.4 Å². The minimum atomic E-state index is -4.72. The molecular weight excluding hydrogens is 1200 g/mol. The quantitative estimate of drug-likeness (QED) is 0.0342. The summed E-state index contributed by atoms with van der Waals surface area (Å²) in [4.78, 5) is 16.9. The molecule has 17 nitrogen and oxygen atoms in total. The first-order valence-electron chi connectivity index (χ1n) is 21.7. The Labute approximate surface area is 388 Å². The number of carbonyl (C=O) groups excluding carboxylic acids is 1. The molecule has 0 aliphatic heterocycles. The molecule has 1 amide bonds. The van der Waals surface area contributed by atoms with Crippen LogP contribution in [0.15, 0.2) is 0 Å². The van der Waals surface area contributed by atoms with Crippen molar-refractivity contribution >= 4 is 49.9 Å². The van der Waals surface area contributed by atoms with Gasteiger partial charge in [0, 0.05) is 149 Å². The summed E-state index contributed by atoms with van der Waals surface area (Å²) in [5, 5.41) is 0. The van der Waals surface area contributed by atoms with Crippen LogP contribution in [-0.4, -0.2) is 181 Å². The first kappa shape index (κ1) is 65.8. The van der Waals surface area contributed by atoms with Gasteiger partial charge in [-0.05, 0) is 64.2 Å². The molecule has 0 atom stereocenters. The Balaban J connectivity index is 0. The molecule has 0 aromatic carbocycles. The van der Waals surface area contributed by atoms with Gasteiger partial charge in [0.05, 0.1) is 5.41 Å². The minimum Gasteiger partial charge on any atom is -0.377 e. The van der Waals surface area contributed by atoms with Crippen LogP contribution in [0.25, 0.3) is 0 Å². The average molecular weight is 1290 g/mol. The predicted octanol–water partition coefficient (Wildman–Crippen LogP) is 7.26. The van der Waals surface area contributed by atoms with Crippen molar-refractivity contribution in [3.05, 3.63) is 6.92 Å². The van der Waals surface area contributed by atoms with E-state index in [0.717, 1.165) is 0 Å². The molecule has 0 unspecified atom stereocenters. The van der Waals surface area contributed by atoms with Crippen molar-refractivity contribution in [2.45, 2.75) is 113 Å². The molecule has 0 aliphatic carbocycles. The second-order valence-corrected chi connectivity index (χ2v) is 31.2. The molecule has 65 heavy (non-hydrogen) atoms. The molecule has 0 heterocycles. The van der Waals surface area contributed by atoms with Crippen LogP contribution in [-0.2, 0) is 71.2 Å². The fourth-order valence-corrected chi connectivity index (χ4v) is 17.4. The third-order valence-corrected chi connectivity index (χ3v) is 27.1. The van der Waals surface area contributed by atoms with Crippen LogP contribution in [0.4, 0.5) is 13.2 Å². The first-order valence-corrected chi connectivity index (χ1v) is 31.4. The molecule has 0 saturated heterocycles. The van der Waals surface area contributed by atoms with Crippen LogP contribution in [0.1, 0.15) is 77.0 Å². The van der Waals surface area contributed by atoms with Crippen molar-refractivity contribution < 1.29 is 84.4 Å². The summed E-state index contributed by atoms with van der Waals surface area (Å²) < 4.78 is 133. The van der Waals surface area contributed by atoms with Gasteiger partial charge in [-0.25, -0.2) is 0 Å². The summed E-state index contributed by atoms with van der Waals surface area (Å²) in [6, 6.07) is 1.69. The zero-order valence-electron chi connectivity index (χ0n) is 42.5. The fourth-order valence-electron chi connectivity index (χ4n) is 8.63. The Bertz CT molecular complexity index is 1110. The zero-order chi connectivity index (χ0) is 49.2. The summed E-state index contributed by atoms with van der Waals surface area (Å²) >= 11 is 0. The van der Waals surface area contributed by atoms with Crippen molar-refractivity contribution in [3.63, 3.8) is 0 Å². The molecule has 0 aromatic heterocycles. The molecule has 0 N–H and O–H groups in total. The molecule has 0 spiro atoms. The van der Waals surface area contributed by atoms with Gasteiger partial charge < -0.3 is 78.2 Å². The van der Waals surface area contributed by atoms with E-state index in [9.17, 15) is 0 Å². The fraction of sp³-hybridized carbons (Fsp3) is 0.949. The Morgan fingerprint density at radius 1 is 0.415 bits per heavy atom. The van der Waals surface area contributed by atoms with Gasteiger partial charge in [0.25, 0.3) is 0 Å². The Hall–Kier alpha value is -1.26. The predicted molar refractivity (Wildman–Crippen MR) is 246 cm³/mol. The maximum Gasteiger partial charge on any atom is 0.500 e. The van der Waals surface area contributed by atoms with Crippen LogP contribution in [0.2, 0.25) is 30.2 Å². The average Bonchev–Trinajstić information content (AvgIpc) is 3.32. The van der Waals surface area contributed by atoms with Crippen LogP contribution in [0.5, 0.6) is 0 Å². The van der Waals surface area contributed by atoms with Crippen molar-refractivity contribution in [2.24, 2.45) is 10.8 Å². The van der Waals surface area contributed by atoms with Crippen molar-refractivity contribution in [1.82, 2.24) is 4.90 Å². The third-order valence-electron chi connectivity index (χ3n) is 13.0. The molecule has 0 rings (SSSR count). The first-order chi connectivity index (χ1) is 30.3. The van der Waals surface area contributed by atoms with E-state index >= 15 is 18.0 Å². The molecule has 0 aromatic rings. The topological polar surface area (TPSA) is 159 Å². The molecular formula is C39H85F3NO16RfSi5-. The normalized spacial score (nSPS) is 13.6. The number of unbranched alkanes of at least 4 members (excludes halogenated alkanes) is 2. The second-order valence-electron chi connectivity index (χ2n) is 15.7. The van der Waals surface area contributed by atoms with Crippen LogP contribution in [0.3, 0.4) is 0 Å². The number of amides is 1. The van der Waals surface area contributed by atoms with Crippen LogP contribution < -0.4 is 0 Å². The SMILES string of the molecule is [CH2-]CN(CC(CCCC[Si](OC)(OC)OC)(CCCC[Si](OC)(OC)OC)C(F)(F)F)C(=O)C(CCC[Si](OC)(OC)OC)(CCC[Si](OC)(OC)OC)CCC[Si](OC)(OC)OC.[Rf].